The zero-order valence-corrected chi connectivity index (χ0v) is 22.8. The Bertz CT molecular complexity index is 1280. The van der Waals surface area contributed by atoms with Crippen molar-refractivity contribution in [2.75, 3.05) is 62.2 Å². The first kappa shape index (κ1) is 25.9. The van der Waals surface area contributed by atoms with Crippen LogP contribution in [-0.4, -0.2) is 72.6 Å². The Morgan fingerprint density at radius 1 is 0.865 bits per heavy atom. The van der Waals surface area contributed by atoms with Gasteiger partial charge in [-0.15, -0.1) is 0 Å². The molecule has 9 heteroatoms. The number of aromatic nitrogens is 1. The lowest BCUT2D eigenvalue weighted by atomic mass is 10.2. The lowest BCUT2D eigenvalue weighted by molar-refractivity contribution is 0.0737. The van der Waals surface area contributed by atoms with Crippen LogP contribution in [0.2, 0.25) is 10.0 Å². The van der Waals surface area contributed by atoms with Crippen LogP contribution in [0.1, 0.15) is 21.7 Å². The van der Waals surface area contributed by atoms with E-state index in [4.69, 9.17) is 23.2 Å². The average Bonchev–Trinajstić information content (AvgIpc) is 3.19. The number of anilines is 2. The van der Waals surface area contributed by atoms with E-state index in [9.17, 15) is 9.18 Å². The van der Waals surface area contributed by atoms with Gasteiger partial charge in [0.25, 0.3) is 5.91 Å². The number of nitrogens with zero attached hydrogens (tertiary/aromatic N) is 5. The zero-order valence-electron chi connectivity index (χ0n) is 21.3. The fourth-order valence-electron chi connectivity index (χ4n) is 5.24. The van der Waals surface area contributed by atoms with Gasteiger partial charge in [-0.1, -0.05) is 35.3 Å². The highest BCUT2D eigenvalue weighted by molar-refractivity contribution is 6.33. The van der Waals surface area contributed by atoms with Crippen LogP contribution >= 0.6 is 23.2 Å². The van der Waals surface area contributed by atoms with Gasteiger partial charge in [-0.3, -0.25) is 9.69 Å². The SMILES string of the molecule is Cc1c(CN2CCN(c3ccccc3Cl)CC2)cc(C(=O)N2CCN(c3ccc(F)c(Cl)c3)CC2)n1C. The number of halogens is 3. The molecule has 3 aromatic rings. The first-order chi connectivity index (χ1) is 17.8. The molecule has 0 saturated carbocycles. The van der Waals surface area contributed by atoms with E-state index in [1.165, 1.54) is 11.6 Å². The van der Waals surface area contributed by atoms with E-state index in [2.05, 4.69) is 33.8 Å². The van der Waals surface area contributed by atoms with Crippen molar-refractivity contribution in [1.29, 1.82) is 0 Å². The molecule has 1 aromatic heterocycles. The Morgan fingerprint density at radius 3 is 2.22 bits per heavy atom. The molecule has 2 aliphatic rings. The molecule has 2 aromatic carbocycles. The molecule has 0 bridgehead atoms. The smallest absolute Gasteiger partial charge is 0.270 e. The van der Waals surface area contributed by atoms with Gasteiger partial charge in [0.05, 0.1) is 15.7 Å². The highest BCUT2D eigenvalue weighted by atomic mass is 35.5. The molecule has 0 unspecified atom stereocenters. The maximum Gasteiger partial charge on any atom is 0.270 e. The topological polar surface area (TPSA) is 35.0 Å². The quantitative estimate of drug-likeness (QED) is 0.450. The highest BCUT2D eigenvalue weighted by Gasteiger charge is 2.27. The predicted octanol–water partition coefficient (Wildman–Crippen LogP) is 5.06. The molecular formula is C28H32Cl2FN5O. The van der Waals surface area contributed by atoms with E-state index in [0.717, 1.165) is 60.5 Å². The lowest BCUT2D eigenvalue weighted by Crippen LogP contribution is -2.49. The second-order valence-corrected chi connectivity index (χ2v) is 10.6. The predicted molar refractivity (Wildman–Crippen MR) is 149 cm³/mol. The van der Waals surface area contributed by atoms with Crippen molar-refractivity contribution in [2.45, 2.75) is 13.5 Å². The first-order valence-corrected chi connectivity index (χ1v) is 13.4. The molecule has 0 spiro atoms. The first-order valence-electron chi connectivity index (χ1n) is 12.7. The van der Waals surface area contributed by atoms with Crippen molar-refractivity contribution < 1.29 is 9.18 Å². The van der Waals surface area contributed by atoms with Crippen molar-refractivity contribution in [3.63, 3.8) is 0 Å². The van der Waals surface area contributed by atoms with Crippen molar-refractivity contribution in [1.82, 2.24) is 14.4 Å². The number of benzene rings is 2. The van der Waals surface area contributed by atoms with Gasteiger partial charge in [0.15, 0.2) is 0 Å². The van der Waals surface area contributed by atoms with Crippen molar-refractivity contribution in [2.24, 2.45) is 7.05 Å². The standard InChI is InChI=1S/C28H32Cl2FN5O/c1-20-21(19-33-9-11-35(12-10-33)26-6-4-3-5-23(26)29)17-27(32(20)2)28(37)36-15-13-34(14-16-36)22-7-8-25(31)24(30)18-22/h3-8,17-18H,9-16,19H2,1-2H3. The molecule has 0 radical (unpaired) electrons. The number of amides is 1. The molecular weight excluding hydrogens is 512 g/mol. The second-order valence-electron chi connectivity index (χ2n) is 9.79. The van der Waals surface area contributed by atoms with Crippen LogP contribution in [0.25, 0.3) is 0 Å². The normalized spacial score (nSPS) is 16.9. The summed E-state index contributed by atoms with van der Waals surface area (Å²) in [4.78, 5) is 22.3. The third kappa shape index (κ3) is 5.44. The Balaban J connectivity index is 1.19. The molecule has 0 aliphatic carbocycles. The number of carbonyl (C=O) groups is 1. The number of hydrogen-bond acceptors (Lipinski definition) is 4. The van der Waals surface area contributed by atoms with Crippen molar-refractivity contribution in [3.05, 3.63) is 81.3 Å². The van der Waals surface area contributed by atoms with Crippen LogP contribution in [0.15, 0.2) is 48.5 Å². The summed E-state index contributed by atoms with van der Waals surface area (Å²) in [6.45, 7) is 9.21. The maximum absolute atomic E-state index is 13.5. The molecule has 196 valence electrons. The number of hydrogen-bond donors (Lipinski definition) is 0. The summed E-state index contributed by atoms with van der Waals surface area (Å²) in [7, 11) is 1.97. The fourth-order valence-corrected chi connectivity index (χ4v) is 5.67. The summed E-state index contributed by atoms with van der Waals surface area (Å²) in [5.41, 5.74) is 5.01. The van der Waals surface area contributed by atoms with E-state index in [1.807, 2.05) is 34.7 Å². The van der Waals surface area contributed by atoms with Gasteiger partial charge in [-0.05, 0) is 48.9 Å². The molecule has 3 heterocycles. The number of rotatable bonds is 5. The van der Waals surface area contributed by atoms with E-state index in [1.54, 1.807) is 12.1 Å². The summed E-state index contributed by atoms with van der Waals surface area (Å²) in [5, 5.41) is 0.911. The van der Waals surface area contributed by atoms with E-state index >= 15 is 0 Å². The van der Waals surface area contributed by atoms with Crippen LogP contribution in [0, 0.1) is 12.7 Å². The van der Waals surface area contributed by atoms with Gasteiger partial charge in [0.2, 0.25) is 0 Å². The van der Waals surface area contributed by atoms with Crippen molar-refractivity contribution >= 4 is 40.5 Å². The molecule has 5 rings (SSSR count). The molecule has 2 fully saturated rings. The van der Waals surface area contributed by atoms with Gasteiger partial charge >= 0.3 is 0 Å². The average molecular weight is 545 g/mol. The monoisotopic (exact) mass is 543 g/mol. The largest absolute Gasteiger partial charge is 0.368 e. The summed E-state index contributed by atoms with van der Waals surface area (Å²) >= 11 is 12.4. The van der Waals surface area contributed by atoms with Crippen molar-refractivity contribution in [3.8, 4) is 0 Å². The third-order valence-electron chi connectivity index (χ3n) is 7.65. The minimum Gasteiger partial charge on any atom is -0.368 e. The summed E-state index contributed by atoms with van der Waals surface area (Å²) in [5.74, 6) is -0.367. The molecule has 6 nitrogen and oxygen atoms in total. The van der Waals surface area contributed by atoms with Crippen LogP contribution in [0.4, 0.5) is 15.8 Å². The minimum atomic E-state index is -0.420. The van der Waals surface area contributed by atoms with E-state index in [0.29, 0.717) is 26.2 Å². The Kier molecular flexibility index (Phi) is 7.65. The van der Waals surface area contributed by atoms with Crippen LogP contribution in [-0.2, 0) is 13.6 Å². The minimum absolute atomic E-state index is 0.0529. The van der Waals surface area contributed by atoms with Gasteiger partial charge in [-0.25, -0.2) is 4.39 Å². The van der Waals surface area contributed by atoms with Gasteiger partial charge in [-0.2, -0.15) is 0 Å². The Labute approximate surface area is 227 Å². The van der Waals surface area contributed by atoms with Gasteiger partial charge in [0.1, 0.15) is 11.5 Å². The Hall–Kier alpha value is -2.74. The van der Waals surface area contributed by atoms with E-state index < -0.39 is 5.82 Å². The third-order valence-corrected chi connectivity index (χ3v) is 8.26. The molecule has 0 atom stereocenters. The van der Waals surface area contributed by atoms with Crippen LogP contribution < -0.4 is 9.80 Å². The molecule has 37 heavy (non-hydrogen) atoms. The summed E-state index contributed by atoms with van der Waals surface area (Å²) < 4.78 is 15.5. The van der Waals surface area contributed by atoms with Gasteiger partial charge < -0.3 is 19.3 Å². The lowest BCUT2D eigenvalue weighted by Gasteiger charge is -2.36. The summed E-state index contributed by atoms with van der Waals surface area (Å²) in [6, 6.07) is 14.8. The molecule has 1 amide bonds. The summed E-state index contributed by atoms with van der Waals surface area (Å²) in [6.07, 6.45) is 0. The Morgan fingerprint density at radius 2 is 1.54 bits per heavy atom. The highest BCUT2D eigenvalue weighted by Crippen LogP contribution is 2.27. The van der Waals surface area contributed by atoms with Crippen LogP contribution in [0.5, 0.6) is 0 Å². The maximum atomic E-state index is 13.5. The number of carbonyl (C=O) groups excluding carboxylic acids is 1. The number of piperazine rings is 2. The second kappa shape index (κ2) is 10.9. The number of para-hydroxylation sites is 1. The molecule has 2 saturated heterocycles. The molecule has 0 N–H and O–H groups in total. The molecule has 2 aliphatic heterocycles. The van der Waals surface area contributed by atoms with Gasteiger partial charge in [0, 0.05) is 77.3 Å². The van der Waals surface area contributed by atoms with Crippen LogP contribution in [0.3, 0.4) is 0 Å². The van der Waals surface area contributed by atoms with E-state index in [-0.39, 0.29) is 10.9 Å². The fraction of sp³-hybridized carbons (Fsp3) is 0.393. The zero-order chi connectivity index (χ0) is 26.1.